The van der Waals surface area contributed by atoms with E-state index >= 15 is 0 Å². The van der Waals surface area contributed by atoms with Gasteiger partial charge in [-0.2, -0.15) is 0 Å². The smallest absolute Gasteiger partial charge is 0.122 e. The Labute approximate surface area is 170 Å². The first-order valence-corrected chi connectivity index (χ1v) is 10.2. The highest BCUT2D eigenvalue weighted by atomic mass is 16.5. The summed E-state index contributed by atoms with van der Waals surface area (Å²) >= 11 is 0. The Morgan fingerprint density at radius 2 is 2.18 bits per heavy atom. The third kappa shape index (κ3) is 5.59. The van der Waals surface area contributed by atoms with Gasteiger partial charge >= 0.3 is 0 Å². The predicted molar refractivity (Wildman–Crippen MR) is 122 cm³/mol. The number of nitrogens with one attached hydrogen (secondary N) is 2. The SMILES string of the molecule is C=CN=C(C)/C(=C\CNc1ccc(OC)c(CC)c1)C1=C(C)CCC(NC)C1. The highest BCUT2D eigenvalue weighted by Crippen LogP contribution is 2.31. The van der Waals surface area contributed by atoms with Crippen LogP contribution in [-0.4, -0.2) is 32.5 Å². The predicted octanol–water partition coefficient (Wildman–Crippen LogP) is 5.29. The molecule has 1 aliphatic rings. The number of aliphatic imine (C=N–C) groups is 1. The number of methoxy groups -OCH3 is 1. The summed E-state index contributed by atoms with van der Waals surface area (Å²) in [7, 11) is 3.77. The molecule has 0 saturated carbocycles. The van der Waals surface area contributed by atoms with Crippen LogP contribution in [0.15, 0.2) is 58.8 Å². The molecule has 4 heteroatoms. The Bertz CT molecular complexity index is 774. The van der Waals surface area contributed by atoms with Gasteiger partial charge in [-0.05, 0) is 81.5 Å². The van der Waals surface area contributed by atoms with E-state index in [2.05, 4.69) is 61.2 Å². The van der Waals surface area contributed by atoms with E-state index in [1.54, 1.807) is 13.3 Å². The maximum absolute atomic E-state index is 5.43. The number of benzene rings is 1. The van der Waals surface area contributed by atoms with Crippen LogP contribution in [-0.2, 0) is 6.42 Å². The zero-order chi connectivity index (χ0) is 20.5. The molecule has 1 aromatic carbocycles. The minimum absolute atomic E-state index is 0.528. The zero-order valence-electron chi connectivity index (χ0n) is 18.1. The number of nitrogens with zero attached hydrogens (tertiary/aromatic N) is 1. The van der Waals surface area contributed by atoms with Crippen molar-refractivity contribution in [2.75, 3.05) is 26.0 Å². The van der Waals surface area contributed by atoms with Crippen LogP contribution in [0.5, 0.6) is 5.75 Å². The molecule has 4 nitrogen and oxygen atoms in total. The zero-order valence-corrected chi connectivity index (χ0v) is 18.1. The van der Waals surface area contributed by atoms with E-state index in [1.807, 2.05) is 13.1 Å². The molecular weight excluding hydrogens is 346 g/mol. The molecule has 0 radical (unpaired) electrons. The van der Waals surface area contributed by atoms with Crippen molar-refractivity contribution >= 4 is 11.4 Å². The summed E-state index contributed by atoms with van der Waals surface area (Å²) in [6.45, 7) is 11.0. The van der Waals surface area contributed by atoms with Gasteiger partial charge in [0, 0.05) is 30.2 Å². The molecule has 0 aromatic heterocycles. The number of aryl methyl sites for hydroxylation is 1. The van der Waals surface area contributed by atoms with Gasteiger partial charge in [-0.3, -0.25) is 4.99 Å². The van der Waals surface area contributed by atoms with Crippen molar-refractivity contribution in [3.05, 3.63) is 59.3 Å². The minimum Gasteiger partial charge on any atom is -0.496 e. The van der Waals surface area contributed by atoms with Crippen molar-refractivity contribution < 1.29 is 4.74 Å². The standard InChI is InChI=1S/C24H35N3O/c1-7-19-15-21(11-12-24(19)28-6)27-14-13-22(18(4)26-8-2)23-16-20(25-5)10-9-17(23)3/h8,11-13,15,20,25,27H,2,7,9-10,14,16H2,1,3-6H3/b22-13+,26-18?. The topological polar surface area (TPSA) is 45.7 Å². The maximum atomic E-state index is 5.43. The highest BCUT2D eigenvalue weighted by Gasteiger charge is 2.21. The van der Waals surface area contributed by atoms with E-state index < -0.39 is 0 Å². The van der Waals surface area contributed by atoms with Crippen molar-refractivity contribution in [2.24, 2.45) is 4.99 Å². The number of rotatable bonds is 9. The van der Waals surface area contributed by atoms with Crippen LogP contribution in [0, 0.1) is 0 Å². The van der Waals surface area contributed by atoms with Gasteiger partial charge in [-0.25, -0.2) is 0 Å². The van der Waals surface area contributed by atoms with E-state index in [9.17, 15) is 0 Å². The van der Waals surface area contributed by atoms with Gasteiger partial charge < -0.3 is 15.4 Å². The highest BCUT2D eigenvalue weighted by molar-refractivity contribution is 6.02. The van der Waals surface area contributed by atoms with Gasteiger partial charge in [-0.1, -0.05) is 25.2 Å². The maximum Gasteiger partial charge on any atom is 0.122 e. The molecule has 2 rings (SSSR count). The van der Waals surface area contributed by atoms with Crippen LogP contribution >= 0.6 is 0 Å². The quantitative estimate of drug-likeness (QED) is 0.571. The Morgan fingerprint density at radius 3 is 2.82 bits per heavy atom. The molecule has 152 valence electrons. The van der Waals surface area contributed by atoms with E-state index in [-0.39, 0.29) is 0 Å². The Hall–Kier alpha value is -2.33. The summed E-state index contributed by atoms with van der Waals surface area (Å²) in [6, 6.07) is 6.79. The van der Waals surface area contributed by atoms with E-state index in [4.69, 9.17) is 4.74 Å². The largest absolute Gasteiger partial charge is 0.496 e. The first-order valence-electron chi connectivity index (χ1n) is 10.2. The number of allylic oxidation sites excluding steroid dienone is 2. The van der Waals surface area contributed by atoms with Crippen LogP contribution < -0.4 is 15.4 Å². The third-order valence-corrected chi connectivity index (χ3v) is 5.52. The van der Waals surface area contributed by atoms with Crippen LogP contribution in [0.25, 0.3) is 0 Å². The lowest BCUT2D eigenvalue weighted by atomic mass is 9.83. The van der Waals surface area contributed by atoms with Crippen molar-refractivity contribution in [3.63, 3.8) is 0 Å². The van der Waals surface area contributed by atoms with E-state index in [0.29, 0.717) is 6.04 Å². The van der Waals surface area contributed by atoms with Crippen LogP contribution in [0.4, 0.5) is 5.69 Å². The second-order valence-corrected chi connectivity index (χ2v) is 7.26. The van der Waals surface area contributed by atoms with Gasteiger partial charge in [-0.15, -0.1) is 0 Å². The molecule has 0 bridgehead atoms. The fourth-order valence-corrected chi connectivity index (χ4v) is 3.78. The molecule has 0 fully saturated rings. The second kappa shape index (κ2) is 10.9. The minimum atomic E-state index is 0.528. The number of hydrogen-bond acceptors (Lipinski definition) is 4. The average molecular weight is 382 g/mol. The fourth-order valence-electron chi connectivity index (χ4n) is 3.78. The molecular formula is C24H35N3O. The summed E-state index contributed by atoms with van der Waals surface area (Å²) < 4.78 is 5.43. The lowest BCUT2D eigenvalue weighted by molar-refractivity contribution is 0.410. The van der Waals surface area contributed by atoms with Crippen molar-refractivity contribution in [2.45, 2.75) is 52.5 Å². The summed E-state index contributed by atoms with van der Waals surface area (Å²) in [4.78, 5) is 4.47. The molecule has 1 unspecified atom stereocenters. The van der Waals surface area contributed by atoms with Crippen LogP contribution in [0.1, 0.15) is 45.6 Å². The van der Waals surface area contributed by atoms with Gasteiger partial charge in [0.1, 0.15) is 5.75 Å². The number of ether oxygens (including phenoxy) is 1. The molecule has 0 spiro atoms. The Kier molecular flexibility index (Phi) is 8.52. The van der Waals surface area contributed by atoms with Crippen LogP contribution in [0.3, 0.4) is 0 Å². The monoisotopic (exact) mass is 381 g/mol. The van der Waals surface area contributed by atoms with Gasteiger partial charge in [0.2, 0.25) is 0 Å². The second-order valence-electron chi connectivity index (χ2n) is 7.26. The fraction of sp³-hybridized carbons (Fsp3) is 0.458. The number of anilines is 1. The van der Waals surface area contributed by atoms with Crippen molar-refractivity contribution in [1.82, 2.24) is 5.32 Å². The summed E-state index contributed by atoms with van der Waals surface area (Å²) in [5, 5.41) is 6.96. The lowest BCUT2D eigenvalue weighted by Gasteiger charge is -2.27. The molecule has 28 heavy (non-hydrogen) atoms. The Balaban J connectivity index is 2.24. The summed E-state index contributed by atoms with van der Waals surface area (Å²) in [5.74, 6) is 0.944. The molecule has 2 N–H and O–H groups in total. The summed E-state index contributed by atoms with van der Waals surface area (Å²) in [6.07, 6.45) is 8.20. The third-order valence-electron chi connectivity index (χ3n) is 5.52. The Morgan fingerprint density at radius 1 is 1.39 bits per heavy atom. The lowest BCUT2D eigenvalue weighted by Crippen LogP contribution is -2.29. The van der Waals surface area contributed by atoms with E-state index in [1.165, 1.54) is 28.7 Å². The van der Waals surface area contributed by atoms with Gasteiger partial charge in [0.25, 0.3) is 0 Å². The summed E-state index contributed by atoms with van der Waals surface area (Å²) in [5.41, 5.74) is 7.45. The average Bonchev–Trinajstić information content (AvgIpc) is 2.71. The van der Waals surface area contributed by atoms with Gasteiger partial charge in [0.15, 0.2) is 0 Å². The van der Waals surface area contributed by atoms with Gasteiger partial charge in [0.05, 0.1) is 7.11 Å². The molecule has 0 aliphatic heterocycles. The normalized spacial score (nSPS) is 18.2. The first kappa shape index (κ1) is 22.0. The van der Waals surface area contributed by atoms with E-state index in [0.717, 1.165) is 43.0 Å². The van der Waals surface area contributed by atoms with Crippen LogP contribution in [0.2, 0.25) is 0 Å². The molecule has 1 aromatic rings. The van der Waals surface area contributed by atoms with Crippen molar-refractivity contribution in [3.8, 4) is 5.75 Å². The number of hydrogen-bond donors (Lipinski definition) is 2. The molecule has 1 atom stereocenters. The first-order chi connectivity index (χ1) is 13.5. The molecule has 0 amide bonds. The molecule has 0 heterocycles. The molecule has 0 saturated heterocycles. The van der Waals surface area contributed by atoms with Crippen molar-refractivity contribution in [1.29, 1.82) is 0 Å². The molecule has 1 aliphatic carbocycles.